The van der Waals surface area contributed by atoms with Gasteiger partial charge in [0, 0.05) is 21.1 Å². The van der Waals surface area contributed by atoms with Crippen molar-refractivity contribution in [3.8, 4) is 0 Å². The zero-order valence-corrected chi connectivity index (χ0v) is 19.9. The second kappa shape index (κ2) is 8.75. The van der Waals surface area contributed by atoms with Gasteiger partial charge in [-0.05, 0) is 93.0 Å². The molecule has 0 saturated heterocycles. The van der Waals surface area contributed by atoms with Gasteiger partial charge in [-0.3, -0.25) is 9.59 Å². The van der Waals surface area contributed by atoms with Crippen molar-refractivity contribution in [3.05, 3.63) is 58.6 Å². The third kappa shape index (κ3) is 4.55. The van der Waals surface area contributed by atoms with Gasteiger partial charge >= 0.3 is 0 Å². The number of carbonyl (C=O) groups excluding carboxylic acids is 2. The summed E-state index contributed by atoms with van der Waals surface area (Å²) in [7, 11) is 0. The largest absolute Gasteiger partial charge is 0.350 e. The van der Waals surface area contributed by atoms with Crippen molar-refractivity contribution in [1.82, 2.24) is 5.32 Å². The maximum Gasteiger partial charge on any atom is 0.256 e. The summed E-state index contributed by atoms with van der Waals surface area (Å²) in [6.07, 6.45) is 7.52. The van der Waals surface area contributed by atoms with Crippen LogP contribution in [0.15, 0.2) is 47.4 Å². The molecule has 2 N–H and O–H groups in total. The van der Waals surface area contributed by atoms with E-state index in [-0.39, 0.29) is 17.4 Å². The highest BCUT2D eigenvalue weighted by Gasteiger charge is 2.51. The number of thioether (sulfide) groups is 1. The molecule has 6 heteroatoms. The van der Waals surface area contributed by atoms with E-state index in [0.29, 0.717) is 22.0 Å². The highest BCUT2D eigenvalue weighted by molar-refractivity contribution is 8.00. The molecule has 0 atom stereocenters. The smallest absolute Gasteiger partial charge is 0.256 e. The highest BCUT2D eigenvalue weighted by atomic mass is 35.5. The normalized spacial score (nSPS) is 27.9. The standard InChI is InChI=1S/C26H29ClN2O2S/c1-16-6-7-20(27)11-22(16)28-25(31)21-4-2-3-5-23(21)32-15-24(30)29-26-12-17-8-18(13-26)10-19(9-17)14-26/h2-7,11,17-19H,8-10,12-15H2,1H3,(H,28,31)(H,29,30). The number of amides is 2. The second-order valence-electron chi connectivity index (χ2n) is 9.94. The molecule has 0 unspecified atom stereocenters. The number of hydrogen-bond donors (Lipinski definition) is 2. The van der Waals surface area contributed by atoms with Gasteiger partial charge in [0.05, 0.1) is 11.3 Å². The van der Waals surface area contributed by atoms with E-state index in [4.69, 9.17) is 11.6 Å². The Morgan fingerprint density at radius 1 is 1.03 bits per heavy atom. The van der Waals surface area contributed by atoms with E-state index >= 15 is 0 Å². The van der Waals surface area contributed by atoms with Crippen molar-refractivity contribution < 1.29 is 9.59 Å². The minimum atomic E-state index is -0.194. The highest BCUT2D eigenvalue weighted by Crippen LogP contribution is 2.55. The lowest BCUT2D eigenvalue weighted by Crippen LogP contribution is -2.60. The summed E-state index contributed by atoms with van der Waals surface area (Å²) in [5, 5.41) is 6.96. The molecule has 2 aromatic rings. The first-order valence-corrected chi connectivity index (χ1v) is 12.9. The predicted molar refractivity (Wildman–Crippen MR) is 130 cm³/mol. The summed E-state index contributed by atoms with van der Waals surface area (Å²) < 4.78 is 0. The Bertz CT molecular complexity index is 1020. The summed E-state index contributed by atoms with van der Waals surface area (Å²) in [6.45, 7) is 1.93. The van der Waals surface area contributed by atoms with Gasteiger partial charge in [-0.15, -0.1) is 11.8 Å². The Kier molecular flexibility index (Phi) is 5.98. The third-order valence-electron chi connectivity index (χ3n) is 7.38. The summed E-state index contributed by atoms with van der Waals surface area (Å²) >= 11 is 7.52. The van der Waals surface area contributed by atoms with E-state index in [0.717, 1.165) is 47.5 Å². The van der Waals surface area contributed by atoms with Gasteiger partial charge in [0.15, 0.2) is 0 Å². The van der Waals surface area contributed by atoms with Crippen LogP contribution in [-0.2, 0) is 4.79 Å². The lowest BCUT2D eigenvalue weighted by Gasteiger charge is -2.56. The molecule has 2 aromatic carbocycles. The van der Waals surface area contributed by atoms with E-state index in [9.17, 15) is 9.59 Å². The SMILES string of the molecule is Cc1ccc(Cl)cc1NC(=O)c1ccccc1SCC(=O)NC12CC3CC(CC(C3)C1)C2. The number of benzene rings is 2. The first kappa shape index (κ1) is 21.8. The molecule has 4 bridgehead atoms. The molecule has 0 aromatic heterocycles. The van der Waals surface area contributed by atoms with E-state index in [1.807, 2.05) is 31.2 Å². The second-order valence-corrected chi connectivity index (χ2v) is 11.4. The molecule has 4 saturated carbocycles. The Hall–Kier alpha value is -1.98. The monoisotopic (exact) mass is 468 g/mol. The number of carbonyl (C=O) groups is 2. The minimum Gasteiger partial charge on any atom is -0.350 e. The summed E-state index contributed by atoms with van der Waals surface area (Å²) in [4.78, 5) is 26.7. The number of anilines is 1. The van der Waals surface area contributed by atoms with Crippen LogP contribution in [0.3, 0.4) is 0 Å². The third-order valence-corrected chi connectivity index (χ3v) is 8.69. The molecular formula is C26H29ClN2O2S. The molecule has 0 radical (unpaired) electrons. The molecule has 0 aliphatic heterocycles. The van der Waals surface area contributed by atoms with Crippen molar-refractivity contribution >= 4 is 40.9 Å². The van der Waals surface area contributed by atoms with Gasteiger partial charge in [-0.1, -0.05) is 29.8 Å². The number of rotatable bonds is 6. The van der Waals surface area contributed by atoms with Crippen LogP contribution in [-0.4, -0.2) is 23.1 Å². The molecule has 0 heterocycles. The Labute approximate surface area is 198 Å². The Balaban J connectivity index is 1.23. The molecule has 0 spiro atoms. The Morgan fingerprint density at radius 2 is 1.69 bits per heavy atom. The quantitative estimate of drug-likeness (QED) is 0.505. The van der Waals surface area contributed by atoms with Crippen LogP contribution >= 0.6 is 23.4 Å². The van der Waals surface area contributed by atoms with Crippen molar-refractivity contribution in [3.63, 3.8) is 0 Å². The van der Waals surface area contributed by atoms with Gasteiger partial charge in [0.1, 0.15) is 0 Å². The molecule has 32 heavy (non-hydrogen) atoms. The molecular weight excluding hydrogens is 440 g/mol. The molecule has 4 aliphatic rings. The summed E-state index contributed by atoms with van der Waals surface area (Å²) in [5.41, 5.74) is 2.23. The molecule has 4 fully saturated rings. The van der Waals surface area contributed by atoms with E-state index < -0.39 is 0 Å². The van der Waals surface area contributed by atoms with Crippen LogP contribution in [0.4, 0.5) is 5.69 Å². The molecule has 2 amide bonds. The fourth-order valence-corrected chi connectivity index (χ4v) is 7.46. The number of halogens is 1. The molecule has 6 rings (SSSR count). The maximum absolute atomic E-state index is 13.0. The average molecular weight is 469 g/mol. The van der Waals surface area contributed by atoms with Gasteiger partial charge in [0.25, 0.3) is 5.91 Å². The lowest BCUT2D eigenvalue weighted by atomic mass is 9.53. The van der Waals surface area contributed by atoms with Crippen molar-refractivity contribution in [2.24, 2.45) is 17.8 Å². The van der Waals surface area contributed by atoms with Crippen LogP contribution in [0.2, 0.25) is 5.02 Å². The first-order chi connectivity index (χ1) is 15.4. The van der Waals surface area contributed by atoms with E-state index in [1.54, 1.807) is 18.2 Å². The minimum absolute atomic E-state index is 0.0212. The predicted octanol–water partition coefficient (Wildman–Crippen LogP) is 6.08. The van der Waals surface area contributed by atoms with Crippen LogP contribution in [0.1, 0.15) is 54.4 Å². The van der Waals surface area contributed by atoms with Crippen LogP contribution in [0.25, 0.3) is 0 Å². The number of hydrogen-bond acceptors (Lipinski definition) is 3. The summed E-state index contributed by atoms with van der Waals surface area (Å²) in [6, 6.07) is 12.9. The maximum atomic E-state index is 13.0. The summed E-state index contributed by atoms with van der Waals surface area (Å²) in [5.74, 6) is 2.61. The van der Waals surface area contributed by atoms with Crippen molar-refractivity contribution in [2.75, 3.05) is 11.1 Å². The zero-order valence-electron chi connectivity index (χ0n) is 18.3. The van der Waals surface area contributed by atoms with Gasteiger partial charge in [0.2, 0.25) is 5.91 Å². The topological polar surface area (TPSA) is 58.2 Å². The zero-order chi connectivity index (χ0) is 22.3. The van der Waals surface area contributed by atoms with Crippen LogP contribution in [0.5, 0.6) is 0 Å². The molecule has 168 valence electrons. The van der Waals surface area contributed by atoms with E-state index in [2.05, 4.69) is 10.6 Å². The van der Waals surface area contributed by atoms with Gasteiger partial charge < -0.3 is 10.6 Å². The van der Waals surface area contributed by atoms with Crippen LogP contribution in [0, 0.1) is 24.7 Å². The lowest BCUT2D eigenvalue weighted by molar-refractivity contribution is -0.124. The fraction of sp³-hybridized carbons (Fsp3) is 0.462. The first-order valence-electron chi connectivity index (χ1n) is 11.5. The average Bonchev–Trinajstić information content (AvgIpc) is 2.74. The molecule has 4 aliphatic carbocycles. The number of nitrogens with one attached hydrogen (secondary N) is 2. The fourth-order valence-electron chi connectivity index (χ4n) is 6.44. The van der Waals surface area contributed by atoms with Crippen molar-refractivity contribution in [2.45, 2.75) is 55.9 Å². The van der Waals surface area contributed by atoms with Gasteiger partial charge in [-0.25, -0.2) is 0 Å². The van der Waals surface area contributed by atoms with Gasteiger partial charge in [-0.2, -0.15) is 0 Å². The van der Waals surface area contributed by atoms with E-state index in [1.165, 1.54) is 31.0 Å². The number of aryl methyl sites for hydroxylation is 1. The molecule has 4 nitrogen and oxygen atoms in total. The Morgan fingerprint density at radius 3 is 2.38 bits per heavy atom. The van der Waals surface area contributed by atoms with Crippen molar-refractivity contribution in [1.29, 1.82) is 0 Å². The van der Waals surface area contributed by atoms with Crippen LogP contribution < -0.4 is 10.6 Å².